The number of aliphatic hydroxyl groups is 1. The summed E-state index contributed by atoms with van der Waals surface area (Å²) in [4.78, 5) is 20.3. The number of carboxylic acids is 1. The van der Waals surface area contributed by atoms with Crippen molar-refractivity contribution in [2.45, 2.75) is 50.2 Å². The van der Waals surface area contributed by atoms with Crippen LogP contribution in [0.5, 0.6) is 5.88 Å². The van der Waals surface area contributed by atoms with E-state index in [2.05, 4.69) is 15.1 Å². The van der Waals surface area contributed by atoms with E-state index in [1.807, 2.05) is 19.9 Å². The molecular formula is C28H25Cl2N3O5. The highest BCUT2D eigenvalue weighted by atomic mass is 35.5. The van der Waals surface area contributed by atoms with Gasteiger partial charge in [0, 0.05) is 21.5 Å². The third kappa shape index (κ3) is 5.12. The Labute approximate surface area is 229 Å². The van der Waals surface area contributed by atoms with Crippen LogP contribution in [-0.2, 0) is 5.60 Å². The SMILES string of the molecule is CC(C)c1cc(C(Oc2cnc(C3CC(O)(c4cccc(C(=O)O)c4)C3)cn2)c2cnoc2)c(Cl)cc1Cl. The molecule has 2 aromatic heterocycles. The van der Waals surface area contributed by atoms with Gasteiger partial charge in [0.15, 0.2) is 6.10 Å². The van der Waals surface area contributed by atoms with E-state index in [-0.39, 0.29) is 23.3 Å². The first kappa shape index (κ1) is 26.2. The van der Waals surface area contributed by atoms with Gasteiger partial charge in [-0.25, -0.2) is 9.78 Å². The van der Waals surface area contributed by atoms with Gasteiger partial charge in [-0.05, 0) is 54.2 Å². The minimum atomic E-state index is -1.11. The van der Waals surface area contributed by atoms with Crippen LogP contribution in [0, 0.1) is 0 Å². The number of halogens is 2. The van der Waals surface area contributed by atoms with Crippen molar-refractivity contribution < 1.29 is 24.3 Å². The molecule has 8 nitrogen and oxygen atoms in total. The maximum Gasteiger partial charge on any atom is 0.335 e. The largest absolute Gasteiger partial charge is 0.478 e. The molecular weight excluding hydrogens is 529 g/mol. The number of hydrogen-bond donors (Lipinski definition) is 2. The van der Waals surface area contributed by atoms with E-state index < -0.39 is 17.7 Å². The van der Waals surface area contributed by atoms with Gasteiger partial charge in [0.1, 0.15) is 6.26 Å². The summed E-state index contributed by atoms with van der Waals surface area (Å²) in [5.41, 5.74) is 2.62. The Bertz CT molecular complexity index is 1450. The number of aromatic nitrogens is 3. The second-order valence-electron chi connectivity index (χ2n) is 9.81. The fourth-order valence-corrected chi connectivity index (χ4v) is 5.44. The third-order valence-electron chi connectivity index (χ3n) is 6.89. The summed E-state index contributed by atoms with van der Waals surface area (Å²) in [7, 11) is 0. The molecule has 4 aromatic rings. The quantitative estimate of drug-likeness (QED) is 0.253. The Morgan fingerprint density at radius 2 is 1.84 bits per heavy atom. The summed E-state index contributed by atoms with van der Waals surface area (Å²) in [6.45, 7) is 4.09. The lowest BCUT2D eigenvalue weighted by Gasteiger charge is -2.43. The minimum absolute atomic E-state index is 0.0248. The predicted molar refractivity (Wildman–Crippen MR) is 141 cm³/mol. The maximum atomic E-state index is 11.3. The van der Waals surface area contributed by atoms with Gasteiger partial charge in [-0.15, -0.1) is 0 Å². The average Bonchev–Trinajstić information content (AvgIpc) is 3.41. The summed E-state index contributed by atoms with van der Waals surface area (Å²) < 4.78 is 11.3. The lowest BCUT2D eigenvalue weighted by molar-refractivity contribution is -0.0560. The molecule has 1 aliphatic carbocycles. The van der Waals surface area contributed by atoms with Gasteiger partial charge in [0.05, 0.1) is 41.0 Å². The van der Waals surface area contributed by atoms with Crippen LogP contribution in [0.2, 0.25) is 10.0 Å². The molecule has 0 radical (unpaired) electrons. The summed E-state index contributed by atoms with van der Waals surface area (Å²) in [6.07, 6.45) is 6.37. The van der Waals surface area contributed by atoms with Crippen molar-refractivity contribution >= 4 is 29.2 Å². The monoisotopic (exact) mass is 553 g/mol. The molecule has 0 saturated heterocycles. The molecule has 2 aromatic carbocycles. The van der Waals surface area contributed by atoms with Crippen LogP contribution in [0.25, 0.3) is 0 Å². The Morgan fingerprint density at radius 3 is 2.47 bits per heavy atom. The number of benzene rings is 2. The number of carbonyl (C=O) groups is 1. The van der Waals surface area contributed by atoms with Crippen LogP contribution < -0.4 is 4.74 Å². The van der Waals surface area contributed by atoms with Gasteiger partial charge < -0.3 is 19.5 Å². The lowest BCUT2D eigenvalue weighted by Crippen LogP contribution is -2.40. The topological polar surface area (TPSA) is 119 Å². The number of nitrogens with zero attached hydrogens (tertiary/aromatic N) is 3. The normalized spacial score (nSPS) is 19.7. The van der Waals surface area contributed by atoms with Gasteiger partial charge in [-0.3, -0.25) is 4.98 Å². The summed E-state index contributed by atoms with van der Waals surface area (Å²) in [5.74, 6) is -0.602. The van der Waals surface area contributed by atoms with E-state index in [1.165, 1.54) is 24.6 Å². The zero-order valence-corrected chi connectivity index (χ0v) is 22.1. The molecule has 10 heteroatoms. The molecule has 0 amide bonds. The standard InChI is InChI=1S/C28H25Cl2N3O5/c1-15(2)20-7-21(23(30)8-22(20)29)26(18-11-33-37-14-18)38-25-13-31-24(12-32-25)17-9-28(36,10-17)19-5-3-4-16(6-19)27(34)35/h3-8,11-15,17,26,36H,9-10H2,1-2H3,(H,34,35). The second-order valence-corrected chi connectivity index (χ2v) is 10.6. The minimum Gasteiger partial charge on any atom is -0.478 e. The molecule has 38 heavy (non-hydrogen) atoms. The number of ether oxygens (including phenoxy) is 1. The summed E-state index contributed by atoms with van der Waals surface area (Å²) in [5, 5.41) is 25.1. The first-order valence-electron chi connectivity index (χ1n) is 12.1. The molecule has 0 bridgehead atoms. The number of aromatic carboxylic acids is 1. The molecule has 1 atom stereocenters. The molecule has 196 valence electrons. The fraction of sp³-hybridized carbons (Fsp3) is 0.286. The van der Waals surface area contributed by atoms with Crippen molar-refractivity contribution in [3.05, 3.63) is 105 Å². The molecule has 0 spiro atoms. The first-order chi connectivity index (χ1) is 18.1. The maximum absolute atomic E-state index is 11.3. The second kappa shape index (κ2) is 10.4. The van der Waals surface area contributed by atoms with E-state index in [1.54, 1.807) is 30.6 Å². The number of carboxylic acid groups (broad SMARTS) is 1. The van der Waals surface area contributed by atoms with E-state index in [0.717, 1.165) is 5.56 Å². The first-order valence-corrected chi connectivity index (χ1v) is 12.8. The Hall–Kier alpha value is -3.46. The zero-order valence-electron chi connectivity index (χ0n) is 20.6. The fourth-order valence-electron chi connectivity index (χ4n) is 4.74. The van der Waals surface area contributed by atoms with Crippen LogP contribution in [0.4, 0.5) is 0 Å². The van der Waals surface area contributed by atoms with Crippen molar-refractivity contribution in [2.24, 2.45) is 0 Å². The van der Waals surface area contributed by atoms with Gasteiger partial charge >= 0.3 is 5.97 Å². The average molecular weight is 554 g/mol. The van der Waals surface area contributed by atoms with Crippen molar-refractivity contribution in [3.8, 4) is 5.88 Å². The van der Waals surface area contributed by atoms with E-state index in [0.29, 0.717) is 45.3 Å². The zero-order chi connectivity index (χ0) is 27.0. The van der Waals surface area contributed by atoms with Gasteiger partial charge in [0.25, 0.3) is 0 Å². The van der Waals surface area contributed by atoms with Gasteiger partial charge in [-0.2, -0.15) is 0 Å². The number of rotatable bonds is 8. The molecule has 1 unspecified atom stereocenters. The smallest absolute Gasteiger partial charge is 0.335 e. The summed E-state index contributed by atoms with van der Waals surface area (Å²) >= 11 is 13.0. The summed E-state index contributed by atoms with van der Waals surface area (Å²) in [6, 6.07) is 10.0. The van der Waals surface area contributed by atoms with Crippen LogP contribution in [-0.4, -0.2) is 31.3 Å². The van der Waals surface area contributed by atoms with Crippen molar-refractivity contribution in [1.82, 2.24) is 15.1 Å². The predicted octanol–water partition coefficient (Wildman–Crippen LogP) is 6.53. The molecule has 0 aliphatic heterocycles. The molecule has 5 rings (SSSR count). The van der Waals surface area contributed by atoms with Crippen LogP contribution >= 0.6 is 23.2 Å². The highest BCUT2D eigenvalue weighted by Gasteiger charge is 2.45. The van der Waals surface area contributed by atoms with Crippen molar-refractivity contribution in [2.75, 3.05) is 0 Å². The third-order valence-corrected chi connectivity index (χ3v) is 7.55. The molecule has 2 heterocycles. The van der Waals surface area contributed by atoms with Crippen LogP contribution in [0.1, 0.15) is 82.9 Å². The van der Waals surface area contributed by atoms with Gasteiger partial charge in [-0.1, -0.05) is 54.3 Å². The molecule has 1 saturated carbocycles. The molecule has 1 fully saturated rings. The lowest BCUT2D eigenvalue weighted by atomic mass is 9.66. The van der Waals surface area contributed by atoms with E-state index in [9.17, 15) is 15.0 Å². The number of hydrogen-bond acceptors (Lipinski definition) is 7. The van der Waals surface area contributed by atoms with Crippen molar-refractivity contribution in [3.63, 3.8) is 0 Å². The van der Waals surface area contributed by atoms with Crippen molar-refractivity contribution in [1.29, 1.82) is 0 Å². The molecule has 2 N–H and O–H groups in total. The molecule has 1 aliphatic rings. The Balaban J connectivity index is 1.34. The van der Waals surface area contributed by atoms with Crippen LogP contribution in [0.15, 0.2) is 65.8 Å². The van der Waals surface area contributed by atoms with Crippen LogP contribution in [0.3, 0.4) is 0 Å². The van der Waals surface area contributed by atoms with Gasteiger partial charge in [0.2, 0.25) is 5.88 Å². The Morgan fingerprint density at radius 1 is 1.08 bits per heavy atom. The highest BCUT2D eigenvalue weighted by molar-refractivity contribution is 6.35. The van der Waals surface area contributed by atoms with E-state index >= 15 is 0 Å². The van der Waals surface area contributed by atoms with E-state index in [4.69, 9.17) is 32.5 Å². The Kier molecular flexibility index (Phi) is 7.13. The highest BCUT2D eigenvalue weighted by Crippen LogP contribution is 2.50.